The molecule has 0 spiro atoms. The van der Waals surface area contributed by atoms with Crippen LogP contribution in [-0.4, -0.2) is 12.1 Å². The van der Waals surface area contributed by atoms with Crippen molar-refractivity contribution in [2.75, 3.05) is 5.32 Å². The molecule has 0 saturated heterocycles. The zero-order valence-electron chi connectivity index (χ0n) is 10.9. The zero-order chi connectivity index (χ0) is 12.0. The standard InChI is InChI=1S/C15H21NO/c1-9-4-5-14-12(7-9)16-13-8-10(2)6-11(3)15(13)17-14/h6,8-9,12,14,16H,4-5,7H2,1-3H3. The maximum absolute atomic E-state index is 6.21. The van der Waals surface area contributed by atoms with Crippen molar-refractivity contribution < 1.29 is 4.74 Å². The average molecular weight is 231 g/mol. The minimum atomic E-state index is 0.375. The summed E-state index contributed by atoms with van der Waals surface area (Å²) in [5.41, 5.74) is 3.75. The highest BCUT2D eigenvalue weighted by Gasteiger charge is 2.34. The first kappa shape index (κ1) is 10.9. The number of hydrogen-bond donors (Lipinski definition) is 1. The van der Waals surface area contributed by atoms with Gasteiger partial charge in [0.2, 0.25) is 0 Å². The number of fused-ring (bicyclic) bond motifs is 2. The van der Waals surface area contributed by atoms with Gasteiger partial charge in [-0.05, 0) is 56.2 Å². The summed E-state index contributed by atoms with van der Waals surface area (Å²) in [7, 11) is 0. The summed E-state index contributed by atoms with van der Waals surface area (Å²) in [5.74, 6) is 1.89. The molecule has 2 heteroatoms. The predicted octanol–water partition coefficient (Wildman–Crippen LogP) is 3.66. The molecule has 0 aromatic heterocycles. The zero-order valence-corrected chi connectivity index (χ0v) is 10.9. The van der Waals surface area contributed by atoms with E-state index in [9.17, 15) is 0 Å². The molecule has 1 N–H and O–H groups in total. The van der Waals surface area contributed by atoms with Crippen LogP contribution < -0.4 is 10.1 Å². The van der Waals surface area contributed by atoms with Gasteiger partial charge >= 0.3 is 0 Å². The second kappa shape index (κ2) is 3.94. The van der Waals surface area contributed by atoms with Gasteiger partial charge in [-0.3, -0.25) is 0 Å². The number of benzene rings is 1. The SMILES string of the molecule is Cc1cc(C)c2c(c1)NC1CC(C)CCC1O2. The number of hydrogen-bond acceptors (Lipinski definition) is 2. The highest BCUT2D eigenvalue weighted by Crippen LogP contribution is 2.40. The highest BCUT2D eigenvalue weighted by atomic mass is 16.5. The molecular weight excluding hydrogens is 210 g/mol. The molecule has 0 bridgehead atoms. The van der Waals surface area contributed by atoms with Crippen molar-refractivity contribution in [3.05, 3.63) is 23.3 Å². The van der Waals surface area contributed by atoms with Gasteiger partial charge in [0, 0.05) is 0 Å². The quantitative estimate of drug-likeness (QED) is 0.735. The molecule has 17 heavy (non-hydrogen) atoms. The third kappa shape index (κ3) is 1.90. The van der Waals surface area contributed by atoms with Crippen LogP contribution in [0, 0.1) is 19.8 Å². The van der Waals surface area contributed by atoms with Gasteiger partial charge in [0.25, 0.3) is 0 Å². The lowest BCUT2D eigenvalue weighted by molar-refractivity contribution is 0.111. The van der Waals surface area contributed by atoms with E-state index in [1.54, 1.807) is 0 Å². The number of aryl methyl sites for hydroxylation is 2. The molecule has 1 heterocycles. The largest absolute Gasteiger partial charge is 0.486 e. The molecule has 0 radical (unpaired) electrons. The lowest BCUT2D eigenvalue weighted by Crippen LogP contribution is -2.45. The number of ether oxygens (including phenoxy) is 1. The van der Waals surface area contributed by atoms with Crippen LogP contribution in [0.4, 0.5) is 5.69 Å². The van der Waals surface area contributed by atoms with E-state index in [0.29, 0.717) is 12.1 Å². The van der Waals surface area contributed by atoms with Gasteiger partial charge in [0.1, 0.15) is 11.9 Å². The van der Waals surface area contributed by atoms with Crippen molar-refractivity contribution in [3.8, 4) is 5.75 Å². The maximum Gasteiger partial charge on any atom is 0.145 e. The van der Waals surface area contributed by atoms with Gasteiger partial charge < -0.3 is 10.1 Å². The third-order valence-electron chi connectivity index (χ3n) is 4.08. The lowest BCUT2D eigenvalue weighted by Gasteiger charge is -2.40. The Kier molecular flexibility index (Phi) is 2.53. The topological polar surface area (TPSA) is 21.3 Å². The van der Waals surface area contributed by atoms with Crippen LogP contribution in [-0.2, 0) is 0 Å². The van der Waals surface area contributed by atoms with Crippen LogP contribution in [0.1, 0.15) is 37.3 Å². The summed E-state index contributed by atoms with van der Waals surface area (Å²) in [6.45, 7) is 6.62. The number of rotatable bonds is 0. The first-order valence-electron chi connectivity index (χ1n) is 6.68. The van der Waals surface area contributed by atoms with Gasteiger partial charge in [0.15, 0.2) is 0 Å². The molecule has 2 nitrogen and oxygen atoms in total. The van der Waals surface area contributed by atoms with E-state index < -0.39 is 0 Å². The Hall–Kier alpha value is -1.18. The monoisotopic (exact) mass is 231 g/mol. The molecule has 0 amide bonds. The highest BCUT2D eigenvalue weighted by molar-refractivity contribution is 5.63. The molecule has 1 aliphatic heterocycles. The third-order valence-corrected chi connectivity index (χ3v) is 4.08. The van der Waals surface area contributed by atoms with Gasteiger partial charge in [-0.1, -0.05) is 13.0 Å². The van der Waals surface area contributed by atoms with E-state index in [2.05, 4.69) is 38.2 Å². The maximum atomic E-state index is 6.21. The Bertz CT molecular complexity index is 441. The van der Waals surface area contributed by atoms with Crippen molar-refractivity contribution in [1.29, 1.82) is 0 Å². The van der Waals surface area contributed by atoms with E-state index in [0.717, 1.165) is 11.7 Å². The Morgan fingerprint density at radius 1 is 1.24 bits per heavy atom. The van der Waals surface area contributed by atoms with Crippen molar-refractivity contribution in [1.82, 2.24) is 0 Å². The fourth-order valence-electron chi connectivity index (χ4n) is 3.22. The molecular formula is C15H21NO. The first-order chi connectivity index (χ1) is 8.13. The molecule has 1 aromatic rings. The molecule has 3 atom stereocenters. The van der Waals surface area contributed by atoms with E-state index in [-0.39, 0.29) is 0 Å². The summed E-state index contributed by atoms with van der Waals surface area (Å²) in [5, 5.41) is 3.69. The summed E-state index contributed by atoms with van der Waals surface area (Å²) in [6.07, 6.45) is 4.09. The molecule has 1 fully saturated rings. The van der Waals surface area contributed by atoms with Crippen molar-refractivity contribution >= 4 is 5.69 Å². The van der Waals surface area contributed by atoms with Crippen molar-refractivity contribution in [2.45, 2.75) is 52.2 Å². The fraction of sp³-hybridized carbons (Fsp3) is 0.600. The van der Waals surface area contributed by atoms with E-state index in [1.165, 1.54) is 36.1 Å². The van der Waals surface area contributed by atoms with Crippen LogP contribution in [0.3, 0.4) is 0 Å². The molecule has 3 rings (SSSR count). The Labute approximate surface area is 103 Å². The van der Waals surface area contributed by atoms with Gasteiger partial charge in [-0.15, -0.1) is 0 Å². The number of nitrogens with one attached hydrogen (secondary N) is 1. The Morgan fingerprint density at radius 3 is 2.88 bits per heavy atom. The summed E-state index contributed by atoms with van der Waals surface area (Å²) < 4.78 is 6.21. The first-order valence-corrected chi connectivity index (χ1v) is 6.68. The molecule has 1 saturated carbocycles. The molecule has 1 aliphatic carbocycles. The van der Waals surface area contributed by atoms with Gasteiger partial charge in [-0.25, -0.2) is 0 Å². The average Bonchev–Trinajstić information content (AvgIpc) is 2.26. The van der Waals surface area contributed by atoms with Crippen molar-refractivity contribution in [3.63, 3.8) is 0 Å². The normalized spacial score (nSPS) is 30.9. The molecule has 92 valence electrons. The van der Waals surface area contributed by atoms with E-state index >= 15 is 0 Å². The van der Waals surface area contributed by atoms with Crippen LogP contribution in [0.5, 0.6) is 5.75 Å². The van der Waals surface area contributed by atoms with Crippen LogP contribution in [0.2, 0.25) is 0 Å². The Morgan fingerprint density at radius 2 is 2.06 bits per heavy atom. The van der Waals surface area contributed by atoms with Gasteiger partial charge in [0.05, 0.1) is 11.7 Å². The van der Waals surface area contributed by atoms with E-state index in [1.807, 2.05) is 0 Å². The lowest BCUT2D eigenvalue weighted by atomic mass is 9.84. The molecule has 1 aromatic carbocycles. The summed E-state index contributed by atoms with van der Waals surface area (Å²) in [4.78, 5) is 0. The predicted molar refractivity (Wildman–Crippen MR) is 70.8 cm³/mol. The Balaban J connectivity index is 1.94. The van der Waals surface area contributed by atoms with Crippen LogP contribution in [0.25, 0.3) is 0 Å². The molecule has 3 unspecified atom stereocenters. The smallest absolute Gasteiger partial charge is 0.145 e. The van der Waals surface area contributed by atoms with Crippen LogP contribution in [0.15, 0.2) is 12.1 Å². The van der Waals surface area contributed by atoms with E-state index in [4.69, 9.17) is 4.74 Å². The number of anilines is 1. The minimum Gasteiger partial charge on any atom is -0.486 e. The second-order valence-electron chi connectivity index (χ2n) is 5.78. The summed E-state index contributed by atoms with van der Waals surface area (Å²) in [6, 6.07) is 4.91. The van der Waals surface area contributed by atoms with Crippen molar-refractivity contribution in [2.24, 2.45) is 5.92 Å². The minimum absolute atomic E-state index is 0.375. The molecule has 2 aliphatic rings. The van der Waals surface area contributed by atoms with Crippen LogP contribution >= 0.6 is 0 Å². The summed E-state index contributed by atoms with van der Waals surface area (Å²) >= 11 is 0. The van der Waals surface area contributed by atoms with Gasteiger partial charge in [-0.2, -0.15) is 0 Å². The second-order valence-corrected chi connectivity index (χ2v) is 5.78. The fourth-order valence-corrected chi connectivity index (χ4v) is 3.22.